The van der Waals surface area contributed by atoms with Crippen LogP contribution in [0.15, 0.2) is 51.8 Å². The number of aryl methyl sites for hydroxylation is 1. The van der Waals surface area contributed by atoms with Crippen LogP contribution < -0.4 is 5.73 Å². The highest BCUT2D eigenvalue weighted by Gasteiger charge is 2.08. The third-order valence-corrected chi connectivity index (χ3v) is 4.44. The van der Waals surface area contributed by atoms with Gasteiger partial charge in [0.25, 0.3) is 0 Å². The predicted molar refractivity (Wildman–Crippen MR) is 82.9 cm³/mol. The number of halogens is 2. The second-order valence-electron chi connectivity index (χ2n) is 4.38. The molecule has 0 heterocycles. The fourth-order valence-electron chi connectivity index (χ4n) is 1.74. The molecule has 0 aliphatic rings. The van der Waals surface area contributed by atoms with Gasteiger partial charge in [0.15, 0.2) is 0 Å². The van der Waals surface area contributed by atoms with Crippen LogP contribution in [0.2, 0.25) is 0 Å². The molecule has 1 atom stereocenters. The highest BCUT2D eigenvalue weighted by Crippen LogP contribution is 2.26. The Morgan fingerprint density at radius 1 is 1.26 bits per heavy atom. The molecule has 19 heavy (non-hydrogen) atoms. The first-order valence-corrected chi connectivity index (χ1v) is 7.74. The van der Waals surface area contributed by atoms with Gasteiger partial charge < -0.3 is 5.73 Å². The highest BCUT2D eigenvalue weighted by atomic mass is 79.9. The fraction of sp³-hybridized carbons (Fsp3) is 0.200. The number of benzene rings is 2. The van der Waals surface area contributed by atoms with Gasteiger partial charge in [-0.1, -0.05) is 34.1 Å². The van der Waals surface area contributed by atoms with Gasteiger partial charge in [-0.3, -0.25) is 0 Å². The van der Waals surface area contributed by atoms with Gasteiger partial charge in [-0.2, -0.15) is 0 Å². The number of thioether (sulfide) groups is 1. The molecule has 0 fully saturated rings. The summed E-state index contributed by atoms with van der Waals surface area (Å²) in [6.07, 6.45) is 0. The zero-order valence-corrected chi connectivity index (χ0v) is 13.0. The Balaban J connectivity index is 2.01. The summed E-state index contributed by atoms with van der Waals surface area (Å²) >= 11 is 5.14. The van der Waals surface area contributed by atoms with Crippen LogP contribution in [0.4, 0.5) is 4.39 Å². The average Bonchev–Trinajstić information content (AvgIpc) is 2.39. The van der Waals surface area contributed by atoms with Gasteiger partial charge in [0.1, 0.15) is 5.82 Å². The first-order valence-electron chi connectivity index (χ1n) is 5.96. The SMILES string of the molecule is Cc1cc(C(N)CSc2cccc(Br)c2)ccc1F. The van der Waals surface area contributed by atoms with E-state index in [2.05, 4.69) is 28.1 Å². The minimum atomic E-state index is -0.185. The van der Waals surface area contributed by atoms with Crippen molar-refractivity contribution in [2.75, 3.05) is 5.75 Å². The maximum absolute atomic E-state index is 13.2. The Hall–Kier alpha value is -0.840. The van der Waals surface area contributed by atoms with Crippen molar-refractivity contribution in [2.24, 2.45) is 5.73 Å². The van der Waals surface area contributed by atoms with E-state index in [9.17, 15) is 4.39 Å². The predicted octanol–water partition coefficient (Wildman–Crippen LogP) is 4.69. The zero-order chi connectivity index (χ0) is 13.8. The van der Waals surface area contributed by atoms with Gasteiger partial charge >= 0.3 is 0 Å². The zero-order valence-electron chi connectivity index (χ0n) is 10.6. The molecule has 0 saturated carbocycles. The molecule has 2 rings (SSSR count). The van der Waals surface area contributed by atoms with Crippen molar-refractivity contribution < 1.29 is 4.39 Å². The Morgan fingerprint density at radius 3 is 2.74 bits per heavy atom. The van der Waals surface area contributed by atoms with Crippen LogP contribution in [0.3, 0.4) is 0 Å². The summed E-state index contributed by atoms with van der Waals surface area (Å²) in [7, 11) is 0. The molecule has 0 amide bonds. The van der Waals surface area contributed by atoms with Crippen molar-refractivity contribution in [1.82, 2.24) is 0 Å². The molecule has 0 saturated heterocycles. The van der Waals surface area contributed by atoms with E-state index in [0.717, 1.165) is 15.8 Å². The lowest BCUT2D eigenvalue weighted by Gasteiger charge is -2.13. The Bertz CT molecular complexity index is 574. The van der Waals surface area contributed by atoms with Crippen molar-refractivity contribution in [1.29, 1.82) is 0 Å². The molecule has 2 aromatic rings. The summed E-state index contributed by atoms with van der Waals surface area (Å²) in [5.41, 5.74) is 7.76. The number of nitrogens with two attached hydrogens (primary N) is 1. The van der Waals surface area contributed by atoms with Crippen molar-refractivity contribution in [3.05, 3.63) is 63.9 Å². The van der Waals surface area contributed by atoms with E-state index in [1.54, 1.807) is 24.8 Å². The number of hydrogen-bond donors (Lipinski definition) is 1. The molecule has 2 N–H and O–H groups in total. The summed E-state index contributed by atoms with van der Waals surface area (Å²) in [4.78, 5) is 1.17. The van der Waals surface area contributed by atoms with Gasteiger partial charge in [-0.05, 0) is 42.3 Å². The minimum absolute atomic E-state index is 0.0942. The third kappa shape index (κ3) is 4.06. The molecular weight excluding hydrogens is 325 g/mol. The molecule has 2 aromatic carbocycles. The van der Waals surface area contributed by atoms with Crippen molar-refractivity contribution >= 4 is 27.7 Å². The van der Waals surface area contributed by atoms with Crippen molar-refractivity contribution in [2.45, 2.75) is 17.9 Å². The fourth-order valence-corrected chi connectivity index (χ4v) is 3.24. The van der Waals surface area contributed by atoms with E-state index < -0.39 is 0 Å². The lowest BCUT2D eigenvalue weighted by Crippen LogP contribution is -2.13. The van der Waals surface area contributed by atoms with Crippen LogP contribution in [0, 0.1) is 12.7 Å². The quantitative estimate of drug-likeness (QED) is 0.817. The van der Waals surface area contributed by atoms with Gasteiger partial charge in [0.05, 0.1) is 0 Å². The van der Waals surface area contributed by atoms with E-state index in [-0.39, 0.29) is 11.9 Å². The first kappa shape index (κ1) is 14.6. The van der Waals surface area contributed by atoms with Crippen LogP contribution in [-0.2, 0) is 0 Å². The van der Waals surface area contributed by atoms with Crippen LogP contribution in [-0.4, -0.2) is 5.75 Å². The average molecular weight is 340 g/mol. The third-order valence-electron chi connectivity index (χ3n) is 2.84. The number of rotatable bonds is 4. The maximum atomic E-state index is 13.2. The second kappa shape index (κ2) is 6.55. The largest absolute Gasteiger partial charge is 0.323 e. The smallest absolute Gasteiger partial charge is 0.126 e. The van der Waals surface area contributed by atoms with Crippen LogP contribution >= 0.6 is 27.7 Å². The van der Waals surface area contributed by atoms with Crippen LogP contribution in [0.5, 0.6) is 0 Å². The molecule has 1 unspecified atom stereocenters. The molecule has 0 aliphatic carbocycles. The molecule has 1 nitrogen and oxygen atoms in total. The summed E-state index contributed by atoms with van der Waals surface area (Å²) in [6, 6.07) is 13.1. The van der Waals surface area contributed by atoms with Crippen LogP contribution in [0.25, 0.3) is 0 Å². The highest BCUT2D eigenvalue weighted by molar-refractivity contribution is 9.10. The summed E-state index contributed by atoms with van der Waals surface area (Å²) < 4.78 is 14.3. The molecule has 0 spiro atoms. The Morgan fingerprint density at radius 2 is 2.05 bits per heavy atom. The standard InChI is InChI=1S/C15H15BrFNS/c1-10-7-11(5-6-14(10)17)15(18)9-19-13-4-2-3-12(16)8-13/h2-8,15H,9,18H2,1H3. The summed E-state index contributed by atoms with van der Waals surface area (Å²) in [6.45, 7) is 1.76. The number of hydrogen-bond acceptors (Lipinski definition) is 2. The van der Waals surface area contributed by atoms with Crippen LogP contribution in [0.1, 0.15) is 17.2 Å². The van der Waals surface area contributed by atoms with E-state index in [1.165, 1.54) is 11.0 Å². The van der Waals surface area contributed by atoms with Gasteiger partial charge in [0.2, 0.25) is 0 Å². The van der Waals surface area contributed by atoms with E-state index in [0.29, 0.717) is 5.56 Å². The van der Waals surface area contributed by atoms with Crippen molar-refractivity contribution in [3.8, 4) is 0 Å². The molecular formula is C15H15BrFNS. The summed E-state index contributed by atoms with van der Waals surface area (Å²) in [5, 5.41) is 0. The minimum Gasteiger partial charge on any atom is -0.323 e. The molecule has 0 aliphatic heterocycles. The lowest BCUT2D eigenvalue weighted by atomic mass is 10.1. The van der Waals surface area contributed by atoms with E-state index >= 15 is 0 Å². The van der Waals surface area contributed by atoms with Gasteiger partial charge in [0, 0.05) is 21.2 Å². The monoisotopic (exact) mass is 339 g/mol. The summed E-state index contributed by atoms with van der Waals surface area (Å²) in [5.74, 6) is 0.581. The molecule has 0 bridgehead atoms. The molecule has 4 heteroatoms. The molecule has 100 valence electrons. The van der Waals surface area contributed by atoms with Gasteiger partial charge in [-0.25, -0.2) is 4.39 Å². The van der Waals surface area contributed by atoms with Gasteiger partial charge in [-0.15, -0.1) is 11.8 Å². The first-order chi connectivity index (χ1) is 9.06. The normalized spacial score (nSPS) is 12.4. The second-order valence-corrected chi connectivity index (χ2v) is 6.39. The maximum Gasteiger partial charge on any atom is 0.126 e. The topological polar surface area (TPSA) is 26.0 Å². The molecule has 0 radical (unpaired) electrons. The molecule has 0 aromatic heterocycles. The van der Waals surface area contributed by atoms with E-state index in [1.807, 2.05) is 18.2 Å². The van der Waals surface area contributed by atoms with E-state index in [4.69, 9.17) is 5.73 Å². The lowest BCUT2D eigenvalue weighted by molar-refractivity contribution is 0.616. The van der Waals surface area contributed by atoms with Crippen molar-refractivity contribution in [3.63, 3.8) is 0 Å². The Labute approximate surface area is 125 Å². The Kier molecular flexibility index (Phi) is 5.02.